The van der Waals surface area contributed by atoms with Crippen LogP contribution in [0, 0.1) is 5.92 Å². The molecule has 1 aromatic carbocycles. The van der Waals surface area contributed by atoms with Gasteiger partial charge < -0.3 is 5.73 Å². The molecule has 100 valence electrons. The van der Waals surface area contributed by atoms with E-state index in [-0.39, 0.29) is 0 Å². The molecule has 0 aliphatic heterocycles. The molecule has 0 bridgehead atoms. The molecule has 0 radical (unpaired) electrons. The van der Waals surface area contributed by atoms with Gasteiger partial charge in [0.2, 0.25) is 0 Å². The zero-order chi connectivity index (χ0) is 13.0. The van der Waals surface area contributed by atoms with Crippen LogP contribution in [-0.2, 0) is 6.54 Å². The topological polar surface area (TPSA) is 29.3 Å². The van der Waals surface area contributed by atoms with E-state index in [2.05, 4.69) is 30.9 Å². The number of rotatable bonds is 4. The van der Waals surface area contributed by atoms with Gasteiger partial charge in [-0.05, 0) is 49.8 Å². The lowest BCUT2D eigenvalue weighted by atomic mass is 9.86. The van der Waals surface area contributed by atoms with Crippen LogP contribution in [0.4, 0.5) is 5.69 Å². The van der Waals surface area contributed by atoms with Crippen molar-refractivity contribution in [2.45, 2.75) is 52.1 Å². The van der Waals surface area contributed by atoms with Gasteiger partial charge in [0.25, 0.3) is 0 Å². The van der Waals surface area contributed by atoms with Gasteiger partial charge in [0.1, 0.15) is 0 Å². The van der Waals surface area contributed by atoms with E-state index in [1.807, 2.05) is 12.1 Å². The van der Waals surface area contributed by atoms with Crippen LogP contribution in [0.5, 0.6) is 0 Å². The number of nitrogens with zero attached hydrogens (tertiary/aromatic N) is 1. The van der Waals surface area contributed by atoms with Gasteiger partial charge in [0.05, 0.1) is 0 Å². The largest absolute Gasteiger partial charge is 0.398 e. The molecule has 0 heterocycles. The number of hydrogen-bond donors (Lipinski definition) is 1. The van der Waals surface area contributed by atoms with Crippen molar-refractivity contribution in [1.29, 1.82) is 0 Å². The fraction of sp³-hybridized carbons (Fsp3) is 0.625. The van der Waals surface area contributed by atoms with Crippen molar-refractivity contribution >= 4 is 5.69 Å². The van der Waals surface area contributed by atoms with Crippen LogP contribution in [0.25, 0.3) is 0 Å². The third kappa shape index (κ3) is 3.26. The van der Waals surface area contributed by atoms with Crippen molar-refractivity contribution in [3.05, 3.63) is 29.8 Å². The summed E-state index contributed by atoms with van der Waals surface area (Å²) in [6, 6.07) is 9.01. The van der Waals surface area contributed by atoms with E-state index in [0.717, 1.165) is 30.7 Å². The van der Waals surface area contributed by atoms with Gasteiger partial charge in [-0.2, -0.15) is 0 Å². The first-order valence-corrected chi connectivity index (χ1v) is 7.28. The van der Waals surface area contributed by atoms with E-state index < -0.39 is 0 Å². The fourth-order valence-electron chi connectivity index (χ4n) is 3.00. The minimum atomic E-state index is 0.755. The van der Waals surface area contributed by atoms with Crippen molar-refractivity contribution in [3.63, 3.8) is 0 Å². The summed E-state index contributed by atoms with van der Waals surface area (Å²) >= 11 is 0. The SMILES string of the molecule is CCN(Cc1ccccc1N)C1CCC(C)CC1. The molecule has 2 N–H and O–H groups in total. The highest BCUT2D eigenvalue weighted by Gasteiger charge is 2.23. The molecule has 0 aromatic heterocycles. The third-order valence-electron chi connectivity index (χ3n) is 4.34. The molecule has 1 saturated carbocycles. The van der Waals surface area contributed by atoms with Crippen molar-refractivity contribution in [3.8, 4) is 0 Å². The first-order chi connectivity index (χ1) is 8.70. The van der Waals surface area contributed by atoms with Gasteiger partial charge in [0.15, 0.2) is 0 Å². The minimum Gasteiger partial charge on any atom is -0.398 e. The van der Waals surface area contributed by atoms with Gasteiger partial charge in [-0.1, -0.05) is 32.0 Å². The zero-order valence-corrected chi connectivity index (χ0v) is 11.7. The van der Waals surface area contributed by atoms with Crippen molar-refractivity contribution in [1.82, 2.24) is 4.90 Å². The predicted molar refractivity (Wildman–Crippen MR) is 78.4 cm³/mol. The molecule has 1 aliphatic carbocycles. The molecule has 0 saturated heterocycles. The predicted octanol–water partition coefficient (Wildman–Crippen LogP) is 3.67. The first-order valence-electron chi connectivity index (χ1n) is 7.28. The number of para-hydroxylation sites is 1. The number of nitrogens with two attached hydrogens (primary N) is 1. The summed E-state index contributed by atoms with van der Waals surface area (Å²) in [6.45, 7) is 6.76. The summed E-state index contributed by atoms with van der Waals surface area (Å²) in [5.74, 6) is 0.918. The molecule has 18 heavy (non-hydrogen) atoms. The quantitative estimate of drug-likeness (QED) is 0.821. The monoisotopic (exact) mass is 246 g/mol. The Kier molecular flexibility index (Phi) is 4.65. The standard InChI is InChI=1S/C16H26N2/c1-3-18(15-10-8-13(2)9-11-15)12-14-6-4-5-7-16(14)17/h4-7,13,15H,3,8-12,17H2,1-2H3. The van der Waals surface area contributed by atoms with Crippen LogP contribution in [0.3, 0.4) is 0 Å². The molecular weight excluding hydrogens is 220 g/mol. The van der Waals surface area contributed by atoms with Gasteiger partial charge in [0, 0.05) is 18.3 Å². The molecule has 0 spiro atoms. The third-order valence-corrected chi connectivity index (χ3v) is 4.34. The highest BCUT2D eigenvalue weighted by atomic mass is 15.1. The molecular formula is C16H26N2. The maximum atomic E-state index is 6.05. The van der Waals surface area contributed by atoms with E-state index in [1.54, 1.807) is 0 Å². The molecule has 2 nitrogen and oxygen atoms in total. The van der Waals surface area contributed by atoms with Crippen LogP contribution in [0.15, 0.2) is 24.3 Å². The van der Waals surface area contributed by atoms with Crippen molar-refractivity contribution in [2.75, 3.05) is 12.3 Å². The summed E-state index contributed by atoms with van der Waals surface area (Å²) in [7, 11) is 0. The maximum absolute atomic E-state index is 6.05. The first kappa shape index (κ1) is 13.4. The highest BCUT2D eigenvalue weighted by molar-refractivity contribution is 5.46. The molecule has 1 fully saturated rings. The average Bonchev–Trinajstić information content (AvgIpc) is 2.39. The Hall–Kier alpha value is -1.02. The normalized spacial score (nSPS) is 24.4. The lowest BCUT2D eigenvalue weighted by Gasteiger charge is -2.35. The number of anilines is 1. The molecule has 0 unspecified atom stereocenters. The van der Waals surface area contributed by atoms with Crippen LogP contribution in [0.1, 0.15) is 45.1 Å². The minimum absolute atomic E-state index is 0.755. The maximum Gasteiger partial charge on any atom is 0.0359 e. The Bertz CT molecular complexity index is 367. The summed E-state index contributed by atoms with van der Waals surface area (Å²) < 4.78 is 0. The highest BCUT2D eigenvalue weighted by Crippen LogP contribution is 2.28. The van der Waals surface area contributed by atoms with E-state index in [4.69, 9.17) is 5.73 Å². The summed E-state index contributed by atoms with van der Waals surface area (Å²) in [5, 5.41) is 0. The Balaban J connectivity index is 1.99. The number of nitrogen functional groups attached to an aromatic ring is 1. The smallest absolute Gasteiger partial charge is 0.0359 e. The van der Waals surface area contributed by atoms with Gasteiger partial charge >= 0.3 is 0 Å². The number of benzene rings is 1. The molecule has 1 aromatic rings. The van der Waals surface area contributed by atoms with Gasteiger partial charge in [-0.3, -0.25) is 4.90 Å². The average molecular weight is 246 g/mol. The van der Waals surface area contributed by atoms with Crippen molar-refractivity contribution < 1.29 is 0 Å². The second kappa shape index (κ2) is 6.24. The van der Waals surface area contributed by atoms with E-state index in [9.17, 15) is 0 Å². The number of hydrogen-bond acceptors (Lipinski definition) is 2. The second-order valence-electron chi connectivity index (χ2n) is 5.68. The summed E-state index contributed by atoms with van der Waals surface area (Å²) in [4.78, 5) is 2.59. The Labute approximate surface area is 111 Å². The Morgan fingerprint density at radius 2 is 1.83 bits per heavy atom. The molecule has 2 heteroatoms. The summed E-state index contributed by atoms with van der Waals surface area (Å²) in [5.41, 5.74) is 8.26. The fourth-order valence-corrected chi connectivity index (χ4v) is 3.00. The van der Waals surface area contributed by atoms with E-state index in [0.29, 0.717) is 0 Å². The molecule has 0 atom stereocenters. The summed E-state index contributed by atoms with van der Waals surface area (Å²) in [6.07, 6.45) is 5.46. The molecule has 0 amide bonds. The van der Waals surface area contributed by atoms with E-state index >= 15 is 0 Å². The van der Waals surface area contributed by atoms with Crippen LogP contribution >= 0.6 is 0 Å². The lowest BCUT2D eigenvalue weighted by molar-refractivity contribution is 0.139. The van der Waals surface area contributed by atoms with Gasteiger partial charge in [-0.15, -0.1) is 0 Å². The molecule has 2 rings (SSSR count). The zero-order valence-electron chi connectivity index (χ0n) is 11.7. The Morgan fingerprint density at radius 1 is 1.17 bits per heavy atom. The van der Waals surface area contributed by atoms with Crippen LogP contribution < -0.4 is 5.73 Å². The van der Waals surface area contributed by atoms with Crippen LogP contribution in [0.2, 0.25) is 0 Å². The Morgan fingerprint density at radius 3 is 2.44 bits per heavy atom. The van der Waals surface area contributed by atoms with Crippen molar-refractivity contribution in [2.24, 2.45) is 5.92 Å². The molecule has 1 aliphatic rings. The lowest BCUT2D eigenvalue weighted by Crippen LogP contribution is -2.37. The van der Waals surface area contributed by atoms with Crippen LogP contribution in [-0.4, -0.2) is 17.5 Å². The second-order valence-corrected chi connectivity index (χ2v) is 5.68. The van der Waals surface area contributed by atoms with Gasteiger partial charge in [-0.25, -0.2) is 0 Å². The van der Waals surface area contributed by atoms with E-state index in [1.165, 1.54) is 31.2 Å².